The number of esters is 1. The molecule has 5 aromatic rings. The van der Waals surface area contributed by atoms with Crippen LogP contribution in [0.2, 0.25) is 0 Å². The number of thioether (sulfide) groups is 1. The van der Waals surface area contributed by atoms with Gasteiger partial charge in [-0.3, -0.25) is 0 Å². The zero-order chi connectivity index (χ0) is 33.0. The van der Waals surface area contributed by atoms with Crippen LogP contribution in [0.4, 0.5) is 0 Å². The van der Waals surface area contributed by atoms with Gasteiger partial charge in [-0.05, 0) is 47.9 Å². The number of rotatable bonds is 14. The molecule has 5 atom stereocenters. The number of benzene rings is 4. The third kappa shape index (κ3) is 9.40. The molecule has 0 radical (unpaired) electrons. The van der Waals surface area contributed by atoms with Crippen molar-refractivity contribution in [3.05, 3.63) is 168 Å². The minimum atomic E-state index is -0.866. The minimum absolute atomic E-state index is 0.163. The Hall–Kier alpha value is -4.31. The molecule has 1 aromatic heterocycles. The second-order valence-corrected chi connectivity index (χ2v) is 12.8. The van der Waals surface area contributed by atoms with E-state index < -0.39 is 35.8 Å². The van der Waals surface area contributed by atoms with Crippen LogP contribution in [0.3, 0.4) is 0 Å². The molecule has 1 fully saturated rings. The highest BCUT2D eigenvalue weighted by atomic mass is 32.2. The second-order valence-electron chi connectivity index (χ2n) is 11.6. The fourth-order valence-electron chi connectivity index (χ4n) is 5.43. The average Bonchev–Trinajstić information content (AvgIpc) is 3.14. The third-order valence-corrected chi connectivity index (χ3v) is 9.10. The largest absolute Gasteiger partial charge is 0.452 e. The Balaban J connectivity index is 1.34. The number of aromatic nitrogens is 1. The van der Waals surface area contributed by atoms with E-state index in [-0.39, 0.29) is 18.9 Å². The van der Waals surface area contributed by atoms with Crippen LogP contribution in [0.5, 0.6) is 0 Å². The molecule has 0 spiro atoms. The number of nitrogens with zero attached hydrogens (tertiary/aromatic N) is 1. The number of hydrogen-bond acceptors (Lipinski definition) is 8. The molecule has 0 amide bonds. The van der Waals surface area contributed by atoms with E-state index in [1.165, 1.54) is 5.56 Å². The highest BCUT2D eigenvalue weighted by Crippen LogP contribution is 2.38. The van der Waals surface area contributed by atoms with Crippen LogP contribution in [0.1, 0.15) is 32.7 Å². The molecule has 8 heteroatoms. The van der Waals surface area contributed by atoms with Gasteiger partial charge < -0.3 is 23.7 Å². The van der Waals surface area contributed by atoms with Gasteiger partial charge in [-0.1, -0.05) is 127 Å². The van der Waals surface area contributed by atoms with Gasteiger partial charge in [0.05, 0.1) is 26.4 Å². The maximum absolute atomic E-state index is 13.6. The van der Waals surface area contributed by atoms with Crippen LogP contribution in [0.15, 0.2) is 145 Å². The number of hydrogen-bond donors (Lipinski definition) is 0. The SMILES string of the molecule is Cc1ccc(S[C@@H]2O[C@H](COCc3ccccc3)[C@@H](OC(=O)c3ccccn3)[C@H](OCc3ccccc3)[C@H]2OCc2ccccc2)cc1. The first-order valence-corrected chi connectivity index (χ1v) is 16.9. The highest BCUT2D eigenvalue weighted by Gasteiger charge is 2.50. The Bertz CT molecular complexity index is 1680. The van der Waals surface area contributed by atoms with Gasteiger partial charge in [0.15, 0.2) is 6.10 Å². The Morgan fingerprint density at radius 1 is 0.667 bits per heavy atom. The van der Waals surface area contributed by atoms with Gasteiger partial charge in [0.1, 0.15) is 29.4 Å². The summed E-state index contributed by atoms with van der Waals surface area (Å²) < 4.78 is 32.8. The summed E-state index contributed by atoms with van der Waals surface area (Å²) in [5.74, 6) is -0.572. The van der Waals surface area contributed by atoms with Crippen LogP contribution >= 0.6 is 11.8 Å². The fraction of sp³-hybridized carbons (Fsp3) is 0.250. The molecule has 1 aliphatic heterocycles. The van der Waals surface area contributed by atoms with Crippen molar-refractivity contribution in [2.45, 2.75) is 61.5 Å². The first-order valence-electron chi connectivity index (χ1n) is 16.1. The molecular formula is C40H39NO6S. The van der Waals surface area contributed by atoms with Gasteiger partial charge in [-0.2, -0.15) is 0 Å². The Kier molecular flexibility index (Phi) is 12.0. The highest BCUT2D eigenvalue weighted by molar-refractivity contribution is 7.99. The van der Waals surface area contributed by atoms with Gasteiger partial charge in [0, 0.05) is 11.1 Å². The normalized spacial score (nSPS) is 20.6. The topological polar surface area (TPSA) is 76.1 Å². The molecule has 0 aliphatic carbocycles. The van der Waals surface area contributed by atoms with Gasteiger partial charge in [0.25, 0.3) is 0 Å². The minimum Gasteiger partial charge on any atom is -0.452 e. The molecule has 0 unspecified atom stereocenters. The van der Waals surface area contributed by atoms with Crippen LogP contribution in [-0.4, -0.2) is 47.4 Å². The number of aryl methyl sites for hydroxylation is 1. The average molecular weight is 662 g/mol. The van der Waals surface area contributed by atoms with E-state index in [0.717, 1.165) is 21.6 Å². The van der Waals surface area contributed by atoms with Crippen molar-refractivity contribution in [2.24, 2.45) is 0 Å². The quantitative estimate of drug-likeness (QED) is 0.112. The standard InChI is InChI=1S/C40H39NO6S/c1-29-20-22-33(23-21-29)48-40-38(45-27-32-17-9-4-10-18-32)37(44-26-31-15-7-3-8-16-31)36(47-39(42)34-19-11-12-24-41-34)35(46-40)28-43-25-30-13-5-2-6-14-30/h2-24,35-38,40H,25-28H2,1H3/t35-,36-,37+,38-,40+/m1/s1. The van der Waals surface area contributed by atoms with Gasteiger partial charge in [0.2, 0.25) is 0 Å². The lowest BCUT2D eigenvalue weighted by atomic mass is 9.99. The van der Waals surface area contributed by atoms with Crippen LogP contribution in [-0.2, 0) is 43.5 Å². The third-order valence-electron chi connectivity index (χ3n) is 7.95. The monoisotopic (exact) mass is 661 g/mol. The van der Waals surface area contributed by atoms with E-state index in [2.05, 4.69) is 36.2 Å². The smallest absolute Gasteiger partial charge is 0.357 e. The second kappa shape index (κ2) is 17.2. The number of carbonyl (C=O) groups excluding carboxylic acids is 1. The molecule has 0 saturated carbocycles. The fourth-order valence-corrected chi connectivity index (χ4v) is 6.56. The molecule has 0 bridgehead atoms. The summed E-state index contributed by atoms with van der Waals surface area (Å²) in [4.78, 5) is 18.8. The maximum Gasteiger partial charge on any atom is 0.357 e. The predicted molar refractivity (Wildman–Crippen MR) is 185 cm³/mol. The molecule has 2 heterocycles. The molecule has 1 saturated heterocycles. The van der Waals surface area contributed by atoms with E-state index in [1.54, 1.807) is 36.2 Å². The van der Waals surface area contributed by atoms with Gasteiger partial charge >= 0.3 is 5.97 Å². The van der Waals surface area contributed by atoms with E-state index in [4.69, 9.17) is 23.7 Å². The Morgan fingerprint density at radius 2 is 1.23 bits per heavy atom. The first kappa shape index (κ1) is 33.6. The first-order chi connectivity index (χ1) is 23.6. The summed E-state index contributed by atoms with van der Waals surface area (Å²) >= 11 is 1.56. The molecule has 6 rings (SSSR count). The van der Waals surface area contributed by atoms with Crippen LogP contribution in [0.25, 0.3) is 0 Å². The van der Waals surface area contributed by atoms with Crippen molar-refractivity contribution in [1.29, 1.82) is 0 Å². The lowest BCUT2D eigenvalue weighted by molar-refractivity contribution is -0.240. The Labute approximate surface area is 286 Å². The van der Waals surface area contributed by atoms with Crippen LogP contribution < -0.4 is 0 Å². The number of ether oxygens (including phenoxy) is 5. The molecule has 4 aromatic carbocycles. The number of pyridine rings is 1. The van der Waals surface area contributed by atoms with Crippen molar-refractivity contribution in [3.8, 4) is 0 Å². The van der Waals surface area contributed by atoms with Crippen molar-refractivity contribution < 1.29 is 28.5 Å². The van der Waals surface area contributed by atoms with Crippen molar-refractivity contribution >= 4 is 17.7 Å². The van der Waals surface area contributed by atoms with E-state index in [1.807, 2.05) is 91.0 Å². The predicted octanol–water partition coefficient (Wildman–Crippen LogP) is 7.82. The van der Waals surface area contributed by atoms with E-state index in [0.29, 0.717) is 13.2 Å². The van der Waals surface area contributed by atoms with Gasteiger partial charge in [-0.25, -0.2) is 9.78 Å². The molecule has 246 valence electrons. The van der Waals surface area contributed by atoms with E-state index in [9.17, 15) is 4.79 Å². The lowest BCUT2D eigenvalue weighted by Gasteiger charge is -2.45. The zero-order valence-electron chi connectivity index (χ0n) is 26.8. The summed E-state index contributed by atoms with van der Waals surface area (Å²) in [6.07, 6.45) is -1.29. The van der Waals surface area contributed by atoms with Crippen molar-refractivity contribution in [3.63, 3.8) is 0 Å². The zero-order valence-corrected chi connectivity index (χ0v) is 27.6. The maximum atomic E-state index is 13.6. The summed E-state index contributed by atoms with van der Waals surface area (Å²) in [5, 5.41) is 0. The lowest BCUT2D eigenvalue weighted by Crippen LogP contribution is -2.60. The summed E-state index contributed by atoms with van der Waals surface area (Å²) in [7, 11) is 0. The molecule has 1 aliphatic rings. The molecule has 48 heavy (non-hydrogen) atoms. The molecule has 0 N–H and O–H groups in total. The van der Waals surface area contributed by atoms with Crippen molar-refractivity contribution in [2.75, 3.05) is 6.61 Å². The van der Waals surface area contributed by atoms with Crippen molar-refractivity contribution in [1.82, 2.24) is 4.98 Å². The summed E-state index contributed by atoms with van der Waals surface area (Å²) in [6.45, 7) is 3.21. The Morgan fingerprint density at radius 3 is 1.81 bits per heavy atom. The van der Waals surface area contributed by atoms with E-state index >= 15 is 0 Å². The molecule has 7 nitrogen and oxygen atoms in total. The number of carbonyl (C=O) groups is 1. The van der Waals surface area contributed by atoms with Gasteiger partial charge in [-0.15, -0.1) is 0 Å². The molecular weight excluding hydrogens is 623 g/mol. The summed E-state index contributed by atoms with van der Waals surface area (Å²) in [6, 6.07) is 43.3. The van der Waals surface area contributed by atoms with Crippen LogP contribution in [0, 0.1) is 6.92 Å². The summed E-state index contributed by atoms with van der Waals surface area (Å²) in [5.41, 5.74) is 3.88.